The van der Waals surface area contributed by atoms with Gasteiger partial charge in [-0.1, -0.05) is 32.0 Å². The third-order valence-electron chi connectivity index (χ3n) is 5.97. The number of ether oxygens (including phenoxy) is 1. The van der Waals surface area contributed by atoms with Crippen molar-refractivity contribution in [2.45, 2.75) is 52.5 Å². The predicted molar refractivity (Wildman–Crippen MR) is 126 cm³/mol. The second-order valence-electron chi connectivity index (χ2n) is 8.94. The molecule has 3 aromatic rings. The first-order chi connectivity index (χ1) is 14.7. The summed E-state index contributed by atoms with van der Waals surface area (Å²) in [6, 6.07) is 14.4. The Morgan fingerprint density at radius 2 is 1.94 bits per heavy atom. The van der Waals surface area contributed by atoms with Gasteiger partial charge in [0.15, 0.2) is 5.58 Å². The van der Waals surface area contributed by atoms with Gasteiger partial charge in [-0.2, -0.15) is 4.98 Å². The summed E-state index contributed by atoms with van der Waals surface area (Å²) in [5.74, 6) is -0.389. The minimum Gasteiger partial charge on any atom is -0.469 e. The molecule has 0 aliphatic rings. The number of rotatable bonds is 7. The number of aromatic nitrogens is 1. The molecule has 0 spiro atoms. The van der Waals surface area contributed by atoms with Crippen LogP contribution in [0.3, 0.4) is 0 Å². The number of para-hydroxylation sites is 2. The zero-order valence-electron chi connectivity index (χ0n) is 19.5. The van der Waals surface area contributed by atoms with Gasteiger partial charge >= 0.3 is 5.97 Å². The van der Waals surface area contributed by atoms with E-state index in [9.17, 15) is 4.79 Å². The van der Waals surface area contributed by atoms with Crippen molar-refractivity contribution in [3.63, 3.8) is 0 Å². The van der Waals surface area contributed by atoms with Gasteiger partial charge in [-0.3, -0.25) is 4.79 Å². The van der Waals surface area contributed by atoms with E-state index in [0.717, 1.165) is 34.5 Å². The molecule has 0 aliphatic heterocycles. The van der Waals surface area contributed by atoms with E-state index in [1.54, 1.807) is 0 Å². The quantitative estimate of drug-likeness (QED) is 0.463. The molecular weight excluding hydrogens is 390 g/mol. The van der Waals surface area contributed by atoms with Crippen molar-refractivity contribution < 1.29 is 13.9 Å². The van der Waals surface area contributed by atoms with E-state index in [1.165, 1.54) is 7.11 Å². The molecule has 1 N–H and O–H groups in total. The van der Waals surface area contributed by atoms with Crippen LogP contribution in [0.5, 0.6) is 0 Å². The summed E-state index contributed by atoms with van der Waals surface area (Å²) < 4.78 is 10.9. The number of nitrogens with zero attached hydrogens (tertiary/aromatic N) is 2. The SMILES string of the molecule is CCC(c1ccc(N(C)C(C)(C)C)c(Nc2nc3ccccc3o2)c1)C(C)C(=O)OC. The highest BCUT2D eigenvalue weighted by atomic mass is 16.5. The van der Waals surface area contributed by atoms with E-state index < -0.39 is 0 Å². The lowest BCUT2D eigenvalue weighted by Gasteiger charge is -2.36. The highest BCUT2D eigenvalue weighted by Crippen LogP contribution is 2.38. The number of methoxy groups -OCH3 is 1. The lowest BCUT2D eigenvalue weighted by molar-refractivity contribution is -0.145. The van der Waals surface area contributed by atoms with Crippen LogP contribution in [-0.2, 0) is 9.53 Å². The van der Waals surface area contributed by atoms with Crippen molar-refractivity contribution in [1.29, 1.82) is 0 Å². The summed E-state index contributed by atoms with van der Waals surface area (Å²) >= 11 is 0. The summed E-state index contributed by atoms with van der Waals surface area (Å²) in [6.45, 7) is 10.5. The Labute approximate surface area is 184 Å². The minimum atomic E-state index is -0.238. The van der Waals surface area contributed by atoms with Crippen molar-refractivity contribution in [2.24, 2.45) is 5.92 Å². The molecule has 0 aliphatic carbocycles. The van der Waals surface area contributed by atoms with Gasteiger partial charge in [0.1, 0.15) is 5.52 Å². The van der Waals surface area contributed by atoms with E-state index in [-0.39, 0.29) is 23.3 Å². The molecule has 1 aromatic heterocycles. The molecule has 2 aromatic carbocycles. The van der Waals surface area contributed by atoms with Gasteiger partial charge in [0.25, 0.3) is 6.01 Å². The highest BCUT2D eigenvalue weighted by Gasteiger charge is 2.27. The van der Waals surface area contributed by atoms with Gasteiger partial charge in [0.05, 0.1) is 24.4 Å². The Bertz CT molecular complexity index is 1020. The van der Waals surface area contributed by atoms with Gasteiger partial charge in [-0.05, 0) is 62.9 Å². The lowest BCUT2D eigenvalue weighted by Crippen LogP contribution is -2.38. The maximum Gasteiger partial charge on any atom is 0.308 e. The first kappa shape index (κ1) is 22.7. The van der Waals surface area contributed by atoms with Crippen molar-refractivity contribution in [2.75, 3.05) is 24.4 Å². The molecule has 2 unspecified atom stereocenters. The summed E-state index contributed by atoms with van der Waals surface area (Å²) in [5.41, 5.74) is 4.44. The van der Waals surface area contributed by atoms with Crippen LogP contribution >= 0.6 is 0 Å². The molecule has 0 amide bonds. The zero-order chi connectivity index (χ0) is 22.8. The number of fused-ring (bicyclic) bond motifs is 1. The average molecular weight is 424 g/mol. The fourth-order valence-electron chi connectivity index (χ4n) is 3.81. The van der Waals surface area contributed by atoms with E-state index in [0.29, 0.717) is 6.01 Å². The first-order valence-corrected chi connectivity index (χ1v) is 10.7. The van der Waals surface area contributed by atoms with E-state index >= 15 is 0 Å². The molecule has 6 nitrogen and oxygen atoms in total. The number of nitrogens with one attached hydrogen (secondary N) is 1. The third kappa shape index (κ3) is 4.84. The van der Waals surface area contributed by atoms with Crippen molar-refractivity contribution in [1.82, 2.24) is 4.98 Å². The number of carbonyl (C=O) groups excluding carboxylic acids is 1. The van der Waals surface area contributed by atoms with Crippen LogP contribution in [0.4, 0.5) is 17.4 Å². The predicted octanol–water partition coefficient (Wildman–Crippen LogP) is 6.11. The topological polar surface area (TPSA) is 67.6 Å². The summed E-state index contributed by atoms with van der Waals surface area (Å²) in [7, 11) is 3.51. The van der Waals surface area contributed by atoms with Gasteiger partial charge in [-0.25, -0.2) is 0 Å². The van der Waals surface area contributed by atoms with E-state index in [1.807, 2.05) is 31.2 Å². The molecule has 166 valence electrons. The number of benzene rings is 2. The number of hydrogen-bond donors (Lipinski definition) is 1. The highest BCUT2D eigenvalue weighted by molar-refractivity contribution is 5.79. The fraction of sp³-hybridized carbons (Fsp3) is 0.440. The summed E-state index contributed by atoms with van der Waals surface area (Å²) in [5, 5.41) is 3.38. The molecular formula is C25H33N3O3. The summed E-state index contributed by atoms with van der Waals surface area (Å²) in [6.07, 6.45) is 0.826. The Morgan fingerprint density at radius 1 is 1.23 bits per heavy atom. The van der Waals surface area contributed by atoms with Crippen molar-refractivity contribution in [3.05, 3.63) is 48.0 Å². The number of oxazole rings is 1. The molecule has 3 rings (SSSR count). The molecule has 2 atom stereocenters. The average Bonchev–Trinajstić information content (AvgIpc) is 3.15. The first-order valence-electron chi connectivity index (χ1n) is 10.7. The second-order valence-corrected chi connectivity index (χ2v) is 8.94. The Hall–Kier alpha value is -3.02. The number of esters is 1. The Balaban J connectivity index is 2.05. The van der Waals surface area contributed by atoms with Crippen LogP contribution in [0.15, 0.2) is 46.9 Å². The van der Waals surface area contributed by atoms with Crippen molar-refractivity contribution >= 4 is 34.5 Å². The molecule has 6 heteroatoms. The largest absolute Gasteiger partial charge is 0.469 e. The van der Waals surface area contributed by atoms with Gasteiger partial charge in [0.2, 0.25) is 0 Å². The lowest BCUT2D eigenvalue weighted by atomic mass is 9.84. The summed E-state index contributed by atoms with van der Waals surface area (Å²) in [4.78, 5) is 19.0. The molecule has 0 saturated carbocycles. The van der Waals surface area contributed by atoms with Gasteiger partial charge in [0, 0.05) is 12.6 Å². The molecule has 31 heavy (non-hydrogen) atoms. The minimum absolute atomic E-state index is 0.0469. The van der Waals surface area contributed by atoms with Crippen LogP contribution in [-0.4, -0.2) is 30.6 Å². The smallest absolute Gasteiger partial charge is 0.308 e. The molecule has 0 radical (unpaired) electrons. The fourth-order valence-corrected chi connectivity index (χ4v) is 3.81. The maximum atomic E-state index is 12.2. The third-order valence-corrected chi connectivity index (χ3v) is 5.97. The van der Waals surface area contributed by atoms with E-state index in [4.69, 9.17) is 9.15 Å². The van der Waals surface area contributed by atoms with Crippen LogP contribution < -0.4 is 10.2 Å². The number of hydrogen-bond acceptors (Lipinski definition) is 6. The number of anilines is 3. The molecule has 0 bridgehead atoms. The van der Waals surface area contributed by atoms with Gasteiger partial charge < -0.3 is 19.4 Å². The Kier molecular flexibility index (Phi) is 6.58. The zero-order valence-corrected chi connectivity index (χ0v) is 19.5. The number of carbonyl (C=O) groups is 1. The molecule has 0 fully saturated rings. The monoisotopic (exact) mass is 423 g/mol. The molecule has 0 saturated heterocycles. The van der Waals surface area contributed by atoms with E-state index in [2.05, 4.69) is 68.1 Å². The van der Waals surface area contributed by atoms with Crippen LogP contribution in [0.1, 0.15) is 52.5 Å². The maximum absolute atomic E-state index is 12.2. The normalized spacial score (nSPS) is 13.6. The Morgan fingerprint density at radius 3 is 2.55 bits per heavy atom. The van der Waals surface area contributed by atoms with Crippen LogP contribution in [0, 0.1) is 5.92 Å². The van der Waals surface area contributed by atoms with Crippen LogP contribution in [0.2, 0.25) is 0 Å². The van der Waals surface area contributed by atoms with Gasteiger partial charge in [-0.15, -0.1) is 0 Å². The second kappa shape index (κ2) is 9.00. The standard InChI is InChI=1S/C25H33N3O3/c1-8-18(16(2)23(29)30-7)17-13-14-21(28(6)25(3,4)5)20(15-17)27-24-26-19-11-9-10-12-22(19)31-24/h9-16,18H,8H2,1-7H3,(H,26,27). The van der Waals surface area contributed by atoms with Crippen LogP contribution in [0.25, 0.3) is 11.1 Å². The molecule has 1 heterocycles. The van der Waals surface area contributed by atoms with Crippen molar-refractivity contribution in [3.8, 4) is 0 Å².